The van der Waals surface area contributed by atoms with Crippen molar-refractivity contribution in [2.75, 3.05) is 0 Å². The van der Waals surface area contributed by atoms with E-state index in [4.69, 9.17) is 5.11 Å². The standard InChI is InChI=1S/C13H12O2S/c1-2-9-4-3-5-10(6-9)12-7-11(8-16-12)13(14)15/h3-8H,2H2,1H3,(H,14,15). The number of carboxylic acids is 1. The first-order chi connectivity index (χ1) is 7.70. The molecule has 0 spiro atoms. The Kier molecular flexibility index (Phi) is 3.06. The minimum atomic E-state index is -0.867. The van der Waals surface area contributed by atoms with Gasteiger partial charge in [-0.1, -0.05) is 31.2 Å². The van der Waals surface area contributed by atoms with Gasteiger partial charge in [-0.3, -0.25) is 0 Å². The highest BCUT2D eigenvalue weighted by Gasteiger charge is 2.07. The zero-order chi connectivity index (χ0) is 11.5. The molecule has 0 aliphatic carbocycles. The van der Waals surface area contributed by atoms with Gasteiger partial charge in [-0.15, -0.1) is 11.3 Å². The highest BCUT2D eigenvalue weighted by Crippen LogP contribution is 2.27. The van der Waals surface area contributed by atoms with Crippen molar-refractivity contribution in [1.29, 1.82) is 0 Å². The second-order valence-electron chi connectivity index (χ2n) is 3.56. The van der Waals surface area contributed by atoms with Crippen LogP contribution < -0.4 is 0 Å². The number of aryl methyl sites for hydroxylation is 1. The van der Waals surface area contributed by atoms with Crippen molar-refractivity contribution in [3.05, 3.63) is 46.8 Å². The Morgan fingerprint density at radius 3 is 2.81 bits per heavy atom. The molecule has 1 N–H and O–H groups in total. The van der Waals surface area contributed by atoms with Gasteiger partial charge in [0.15, 0.2) is 0 Å². The molecule has 0 aliphatic heterocycles. The second kappa shape index (κ2) is 4.49. The Hall–Kier alpha value is -1.61. The summed E-state index contributed by atoms with van der Waals surface area (Å²) in [4.78, 5) is 11.8. The zero-order valence-corrected chi connectivity index (χ0v) is 9.75. The quantitative estimate of drug-likeness (QED) is 0.876. The highest BCUT2D eigenvalue weighted by atomic mass is 32.1. The van der Waals surface area contributed by atoms with E-state index in [2.05, 4.69) is 19.1 Å². The highest BCUT2D eigenvalue weighted by molar-refractivity contribution is 7.13. The van der Waals surface area contributed by atoms with Gasteiger partial charge in [0, 0.05) is 10.3 Å². The first-order valence-corrected chi connectivity index (χ1v) is 6.00. The summed E-state index contributed by atoms with van der Waals surface area (Å²) < 4.78 is 0. The number of benzene rings is 1. The predicted octanol–water partition coefficient (Wildman–Crippen LogP) is 3.68. The van der Waals surface area contributed by atoms with Gasteiger partial charge < -0.3 is 5.11 Å². The van der Waals surface area contributed by atoms with Crippen LogP contribution >= 0.6 is 11.3 Å². The van der Waals surface area contributed by atoms with Crippen LogP contribution in [0.15, 0.2) is 35.7 Å². The third-order valence-electron chi connectivity index (χ3n) is 2.47. The summed E-state index contributed by atoms with van der Waals surface area (Å²) >= 11 is 1.47. The zero-order valence-electron chi connectivity index (χ0n) is 8.93. The van der Waals surface area contributed by atoms with Gasteiger partial charge in [0.25, 0.3) is 0 Å². The maximum atomic E-state index is 10.8. The normalized spacial score (nSPS) is 10.3. The first kappa shape index (κ1) is 10.9. The average Bonchev–Trinajstić information content (AvgIpc) is 2.78. The maximum absolute atomic E-state index is 10.8. The van der Waals surface area contributed by atoms with E-state index < -0.39 is 5.97 Å². The molecule has 0 aliphatic rings. The van der Waals surface area contributed by atoms with E-state index in [1.54, 1.807) is 11.4 Å². The van der Waals surface area contributed by atoms with E-state index in [0.717, 1.165) is 16.9 Å². The van der Waals surface area contributed by atoms with Crippen molar-refractivity contribution < 1.29 is 9.90 Å². The van der Waals surface area contributed by atoms with Crippen molar-refractivity contribution in [2.45, 2.75) is 13.3 Å². The molecule has 1 heterocycles. The van der Waals surface area contributed by atoms with Crippen molar-refractivity contribution in [1.82, 2.24) is 0 Å². The van der Waals surface area contributed by atoms with Gasteiger partial charge in [-0.2, -0.15) is 0 Å². The number of thiophene rings is 1. The first-order valence-electron chi connectivity index (χ1n) is 5.12. The summed E-state index contributed by atoms with van der Waals surface area (Å²) in [5, 5.41) is 10.5. The summed E-state index contributed by atoms with van der Waals surface area (Å²) in [6.07, 6.45) is 0.991. The summed E-state index contributed by atoms with van der Waals surface area (Å²) in [5.41, 5.74) is 2.72. The third kappa shape index (κ3) is 2.14. The number of carboxylic acid groups (broad SMARTS) is 1. The van der Waals surface area contributed by atoms with E-state index in [1.165, 1.54) is 16.9 Å². The van der Waals surface area contributed by atoms with Gasteiger partial charge in [0.05, 0.1) is 5.56 Å². The molecule has 0 saturated carbocycles. The molecule has 1 aromatic carbocycles. The van der Waals surface area contributed by atoms with Crippen LogP contribution in [-0.4, -0.2) is 11.1 Å². The van der Waals surface area contributed by atoms with Crippen LogP contribution in [0.3, 0.4) is 0 Å². The Morgan fingerprint density at radius 2 is 2.19 bits per heavy atom. The summed E-state index contributed by atoms with van der Waals surface area (Å²) in [6.45, 7) is 2.11. The molecule has 0 radical (unpaired) electrons. The lowest BCUT2D eigenvalue weighted by Crippen LogP contribution is -1.91. The monoisotopic (exact) mass is 232 g/mol. The SMILES string of the molecule is CCc1cccc(-c2cc(C(=O)O)cs2)c1. The molecule has 0 bridgehead atoms. The lowest BCUT2D eigenvalue weighted by molar-refractivity contribution is 0.0697. The van der Waals surface area contributed by atoms with Crippen LogP contribution in [0.2, 0.25) is 0 Å². The van der Waals surface area contributed by atoms with Crippen LogP contribution in [0.1, 0.15) is 22.8 Å². The van der Waals surface area contributed by atoms with Gasteiger partial charge >= 0.3 is 5.97 Å². The van der Waals surface area contributed by atoms with Crippen molar-refractivity contribution >= 4 is 17.3 Å². The Labute approximate surface area is 98.2 Å². The fourth-order valence-electron chi connectivity index (χ4n) is 1.54. The van der Waals surface area contributed by atoms with E-state index in [0.29, 0.717) is 5.56 Å². The lowest BCUT2D eigenvalue weighted by atomic mass is 10.1. The third-order valence-corrected chi connectivity index (χ3v) is 3.45. The molecular formula is C13H12O2S. The van der Waals surface area contributed by atoms with Crippen molar-refractivity contribution in [2.24, 2.45) is 0 Å². The Bertz CT molecular complexity index is 514. The summed E-state index contributed by atoms with van der Waals surface area (Å²) in [5.74, 6) is -0.867. The van der Waals surface area contributed by atoms with Crippen LogP contribution in [0.5, 0.6) is 0 Å². The summed E-state index contributed by atoms with van der Waals surface area (Å²) in [6, 6.07) is 9.93. The largest absolute Gasteiger partial charge is 0.478 e. The smallest absolute Gasteiger partial charge is 0.336 e. The number of carbonyl (C=O) groups is 1. The van der Waals surface area contributed by atoms with Gasteiger partial charge in [-0.25, -0.2) is 4.79 Å². The molecule has 16 heavy (non-hydrogen) atoms. The van der Waals surface area contributed by atoms with Gasteiger partial charge in [0.1, 0.15) is 0 Å². The molecule has 0 atom stereocenters. The number of hydrogen-bond acceptors (Lipinski definition) is 2. The molecular weight excluding hydrogens is 220 g/mol. The minimum Gasteiger partial charge on any atom is -0.478 e. The molecule has 0 amide bonds. The number of aromatic carboxylic acids is 1. The molecule has 82 valence electrons. The molecule has 3 heteroatoms. The van der Waals surface area contributed by atoms with Gasteiger partial charge in [0.2, 0.25) is 0 Å². The van der Waals surface area contributed by atoms with Crippen molar-refractivity contribution in [3.63, 3.8) is 0 Å². The molecule has 0 unspecified atom stereocenters. The molecule has 1 aromatic heterocycles. The molecule has 2 nitrogen and oxygen atoms in total. The second-order valence-corrected chi connectivity index (χ2v) is 4.47. The number of rotatable bonds is 3. The average molecular weight is 232 g/mol. The minimum absolute atomic E-state index is 0.363. The topological polar surface area (TPSA) is 37.3 Å². The number of hydrogen-bond donors (Lipinski definition) is 1. The predicted molar refractivity (Wildman–Crippen MR) is 66.1 cm³/mol. The maximum Gasteiger partial charge on any atom is 0.336 e. The lowest BCUT2D eigenvalue weighted by Gasteiger charge is -2.00. The van der Waals surface area contributed by atoms with Crippen LogP contribution in [0.4, 0.5) is 0 Å². The van der Waals surface area contributed by atoms with Crippen molar-refractivity contribution in [3.8, 4) is 10.4 Å². The van der Waals surface area contributed by atoms with E-state index in [9.17, 15) is 4.79 Å². The molecule has 0 saturated heterocycles. The fraction of sp³-hybridized carbons (Fsp3) is 0.154. The molecule has 2 aromatic rings. The van der Waals surface area contributed by atoms with Gasteiger partial charge in [-0.05, 0) is 23.6 Å². The summed E-state index contributed by atoms with van der Waals surface area (Å²) in [7, 11) is 0. The van der Waals surface area contributed by atoms with Crippen LogP contribution in [0.25, 0.3) is 10.4 Å². The van der Waals surface area contributed by atoms with Crippen LogP contribution in [0, 0.1) is 0 Å². The molecule has 2 rings (SSSR count). The van der Waals surface area contributed by atoms with E-state index in [1.807, 2.05) is 12.1 Å². The van der Waals surface area contributed by atoms with E-state index >= 15 is 0 Å². The molecule has 0 fully saturated rings. The van der Waals surface area contributed by atoms with E-state index in [-0.39, 0.29) is 0 Å². The Balaban J connectivity index is 2.38. The van der Waals surface area contributed by atoms with Crippen LogP contribution in [-0.2, 0) is 6.42 Å². The fourth-order valence-corrected chi connectivity index (χ4v) is 2.43. The Morgan fingerprint density at radius 1 is 1.38 bits per heavy atom.